The van der Waals surface area contributed by atoms with Crippen LogP contribution in [0.5, 0.6) is 5.75 Å². The van der Waals surface area contributed by atoms with Crippen LogP contribution in [0.25, 0.3) is 0 Å². The summed E-state index contributed by atoms with van der Waals surface area (Å²) >= 11 is 0. The highest BCUT2D eigenvalue weighted by molar-refractivity contribution is 5.95. The molecule has 0 saturated carbocycles. The normalized spacial score (nSPS) is 10.8. The minimum Gasteiger partial charge on any atom is -0.508 e. The van der Waals surface area contributed by atoms with Gasteiger partial charge in [0.15, 0.2) is 0 Å². The number of anilines is 1. The van der Waals surface area contributed by atoms with Crippen molar-refractivity contribution in [2.75, 3.05) is 12.3 Å². The second-order valence-corrected chi connectivity index (χ2v) is 5.86. The van der Waals surface area contributed by atoms with Gasteiger partial charge in [-0.15, -0.1) is 0 Å². The van der Waals surface area contributed by atoms with E-state index in [1.165, 1.54) is 43.9 Å². The van der Waals surface area contributed by atoms with E-state index in [-0.39, 0.29) is 11.3 Å². The average molecular weight is 293 g/mol. The molecule has 0 aromatic heterocycles. The summed E-state index contributed by atoms with van der Waals surface area (Å²) in [4.78, 5) is 11.8. The number of ether oxygens (including phenoxy) is 1. The van der Waals surface area contributed by atoms with Crippen molar-refractivity contribution < 1.29 is 14.6 Å². The summed E-state index contributed by atoms with van der Waals surface area (Å²) in [6.07, 6.45) is 6.92. The minimum atomic E-state index is -0.469. The molecule has 0 atom stereocenters. The van der Waals surface area contributed by atoms with Gasteiger partial charge in [-0.2, -0.15) is 0 Å². The first-order chi connectivity index (χ1) is 10.0. The quantitative estimate of drug-likeness (QED) is 0.311. The van der Waals surface area contributed by atoms with Gasteiger partial charge < -0.3 is 15.6 Å². The van der Waals surface area contributed by atoms with E-state index in [0.29, 0.717) is 12.3 Å². The van der Waals surface area contributed by atoms with E-state index in [1.54, 1.807) is 0 Å². The van der Waals surface area contributed by atoms with Crippen molar-refractivity contribution in [2.24, 2.45) is 5.92 Å². The predicted molar refractivity (Wildman–Crippen MR) is 85.3 cm³/mol. The highest BCUT2D eigenvalue weighted by Gasteiger charge is 2.11. The second kappa shape index (κ2) is 9.27. The number of rotatable bonds is 9. The molecular formula is C17H27NO3. The number of hydrogen-bond acceptors (Lipinski definition) is 4. The maximum Gasteiger partial charge on any atom is 0.340 e. The minimum absolute atomic E-state index is 0.0151. The van der Waals surface area contributed by atoms with Crippen LogP contribution in [0.4, 0.5) is 5.69 Å². The van der Waals surface area contributed by atoms with E-state index in [9.17, 15) is 9.90 Å². The van der Waals surface area contributed by atoms with Crippen LogP contribution in [-0.2, 0) is 4.74 Å². The van der Waals surface area contributed by atoms with Gasteiger partial charge in [0.05, 0.1) is 12.2 Å². The van der Waals surface area contributed by atoms with E-state index in [4.69, 9.17) is 10.5 Å². The number of esters is 1. The Bertz CT molecular complexity index is 444. The lowest BCUT2D eigenvalue weighted by molar-refractivity contribution is 0.0498. The van der Waals surface area contributed by atoms with Gasteiger partial charge >= 0.3 is 5.97 Å². The molecule has 0 aliphatic heterocycles. The van der Waals surface area contributed by atoms with Crippen LogP contribution in [0.2, 0.25) is 0 Å². The number of unbranched alkanes of at least 4 members (excludes halogenated alkanes) is 4. The zero-order valence-electron chi connectivity index (χ0n) is 13.1. The molecule has 0 heterocycles. The Morgan fingerprint density at radius 3 is 2.57 bits per heavy atom. The molecule has 118 valence electrons. The number of benzene rings is 1. The van der Waals surface area contributed by atoms with E-state index >= 15 is 0 Å². The van der Waals surface area contributed by atoms with Gasteiger partial charge in [-0.05, 0) is 30.5 Å². The van der Waals surface area contributed by atoms with Crippen LogP contribution in [0.3, 0.4) is 0 Å². The number of nitrogen functional groups attached to an aromatic ring is 1. The number of nitrogens with two attached hydrogens (primary N) is 1. The van der Waals surface area contributed by atoms with E-state index < -0.39 is 5.97 Å². The first-order valence-corrected chi connectivity index (χ1v) is 7.76. The molecule has 1 aromatic rings. The monoisotopic (exact) mass is 293 g/mol. The van der Waals surface area contributed by atoms with Crippen molar-refractivity contribution in [3.05, 3.63) is 23.8 Å². The molecule has 0 spiro atoms. The molecule has 0 fully saturated rings. The highest BCUT2D eigenvalue weighted by Crippen LogP contribution is 2.19. The summed E-state index contributed by atoms with van der Waals surface area (Å²) in [5.41, 5.74) is 6.24. The Labute approximate surface area is 127 Å². The largest absolute Gasteiger partial charge is 0.508 e. The molecule has 1 aromatic carbocycles. The van der Waals surface area contributed by atoms with Crippen LogP contribution < -0.4 is 5.73 Å². The molecule has 0 bridgehead atoms. The lowest BCUT2D eigenvalue weighted by Crippen LogP contribution is -2.09. The Morgan fingerprint density at radius 1 is 1.19 bits per heavy atom. The highest BCUT2D eigenvalue weighted by atomic mass is 16.5. The van der Waals surface area contributed by atoms with Crippen LogP contribution in [0, 0.1) is 5.92 Å². The summed E-state index contributed by atoms with van der Waals surface area (Å²) < 4.78 is 5.18. The summed E-state index contributed by atoms with van der Waals surface area (Å²) in [7, 11) is 0. The lowest BCUT2D eigenvalue weighted by Gasteiger charge is -2.08. The van der Waals surface area contributed by atoms with Crippen molar-refractivity contribution in [1.82, 2.24) is 0 Å². The topological polar surface area (TPSA) is 72.5 Å². The summed E-state index contributed by atoms with van der Waals surface area (Å²) in [5.74, 6) is 0.322. The van der Waals surface area contributed by atoms with Crippen molar-refractivity contribution >= 4 is 11.7 Å². The Balaban J connectivity index is 2.15. The maximum atomic E-state index is 11.8. The standard InChI is InChI=1S/C17H27NO3/c1-13(2)8-6-4-3-5-7-11-21-17(20)15-12-14(19)9-10-16(15)18/h9-10,12-13,19H,3-8,11,18H2,1-2H3. The SMILES string of the molecule is CC(C)CCCCCCCOC(=O)c1cc(O)ccc1N. The van der Waals surface area contributed by atoms with Crippen molar-refractivity contribution in [2.45, 2.75) is 52.4 Å². The lowest BCUT2D eigenvalue weighted by atomic mass is 10.0. The Kier molecular flexibility index (Phi) is 7.65. The molecule has 0 aliphatic carbocycles. The fraction of sp³-hybridized carbons (Fsp3) is 0.588. The molecule has 4 nitrogen and oxygen atoms in total. The molecule has 0 saturated heterocycles. The average Bonchev–Trinajstić information content (AvgIpc) is 2.43. The van der Waals surface area contributed by atoms with Gasteiger partial charge in [0.2, 0.25) is 0 Å². The number of phenols is 1. The first kappa shape index (κ1) is 17.3. The number of carbonyl (C=O) groups excluding carboxylic acids is 1. The van der Waals surface area contributed by atoms with Gasteiger partial charge in [-0.1, -0.05) is 46.0 Å². The fourth-order valence-electron chi connectivity index (χ4n) is 2.15. The zero-order valence-corrected chi connectivity index (χ0v) is 13.1. The van der Waals surface area contributed by atoms with Gasteiger partial charge in [0, 0.05) is 5.69 Å². The second-order valence-electron chi connectivity index (χ2n) is 5.86. The third-order valence-corrected chi connectivity index (χ3v) is 3.42. The van der Waals surface area contributed by atoms with Crippen LogP contribution >= 0.6 is 0 Å². The Morgan fingerprint density at radius 2 is 1.86 bits per heavy atom. The van der Waals surface area contributed by atoms with Crippen LogP contribution in [0.15, 0.2) is 18.2 Å². The molecule has 0 amide bonds. The van der Waals surface area contributed by atoms with Crippen molar-refractivity contribution in [3.8, 4) is 5.75 Å². The third kappa shape index (κ3) is 7.02. The number of carbonyl (C=O) groups is 1. The molecule has 0 unspecified atom stereocenters. The summed E-state index contributed by atoms with van der Waals surface area (Å²) in [5, 5.41) is 9.35. The van der Waals surface area contributed by atoms with Gasteiger partial charge in [-0.25, -0.2) is 4.79 Å². The van der Waals surface area contributed by atoms with Gasteiger partial charge in [-0.3, -0.25) is 0 Å². The zero-order chi connectivity index (χ0) is 15.7. The Hall–Kier alpha value is -1.71. The molecule has 0 aliphatic rings. The molecule has 21 heavy (non-hydrogen) atoms. The maximum absolute atomic E-state index is 11.8. The number of phenolic OH excluding ortho intramolecular Hbond substituents is 1. The molecule has 3 N–H and O–H groups in total. The van der Waals surface area contributed by atoms with Crippen molar-refractivity contribution in [1.29, 1.82) is 0 Å². The third-order valence-electron chi connectivity index (χ3n) is 3.42. The van der Waals surface area contributed by atoms with E-state index in [2.05, 4.69) is 13.8 Å². The van der Waals surface area contributed by atoms with Gasteiger partial charge in [0.1, 0.15) is 5.75 Å². The van der Waals surface area contributed by atoms with E-state index in [1.807, 2.05) is 0 Å². The predicted octanol–water partition coefficient (Wildman–Crippen LogP) is 4.13. The van der Waals surface area contributed by atoms with Crippen LogP contribution in [-0.4, -0.2) is 17.7 Å². The number of aromatic hydroxyl groups is 1. The summed E-state index contributed by atoms with van der Waals surface area (Å²) in [6, 6.07) is 4.29. The smallest absolute Gasteiger partial charge is 0.340 e. The molecule has 4 heteroatoms. The van der Waals surface area contributed by atoms with E-state index in [0.717, 1.165) is 18.8 Å². The number of hydrogen-bond donors (Lipinski definition) is 2. The molecule has 1 rings (SSSR count). The van der Waals surface area contributed by atoms with Crippen molar-refractivity contribution in [3.63, 3.8) is 0 Å². The fourth-order valence-corrected chi connectivity index (χ4v) is 2.15. The van der Waals surface area contributed by atoms with Crippen LogP contribution in [0.1, 0.15) is 62.7 Å². The molecule has 0 radical (unpaired) electrons. The summed E-state index contributed by atoms with van der Waals surface area (Å²) in [6.45, 7) is 4.89. The molecular weight excluding hydrogens is 266 g/mol. The van der Waals surface area contributed by atoms with Gasteiger partial charge in [0.25, 0.3) is 0 Å². The first-order valence-electron chi connectivity index (χ1n) is 7.76.